The number of nitrogens with zero attached hydrogens (tertiary/aromatic N) is 4. The molecule has 1 aliphatic heterocycles. The highest BCUT2D eigenvalue weighted by Gasteiger charge is 2.33. The second-order valence-electron chi connectivity index (χ2n) is 5.96. The molecule has 120 valence electrons. The fraction of sp³-hybridized carbons (Fsp3) is 0.667. The SMILES string of the molecule is CCCN(C(=O)O)C1CCN(c2nc(Cl)nc3c2CCC3)C1. The summed E-state index contributed by atoms with van der Waals surface area (Å²) in [6.07, 6.45) is 3.87. The van der Waals surface area contributed by atoms with Crippen molar-refractivity contribution in [1.29, 1.82) is 0 Å². The van der Waals surface area contributed by atoms with E-state index >= 15 is 0 Å². The van der Waals surface area contributed by atoms with Gasteiger partial charge in [0, 0.05) is 25.2 Å². The molecule has 1 amide bonds. The van der Waals surface area contributed by atoms with Gasteiger partial charge in [-0.1, -0.05) is 6.92 Å². The summed E-state index contributed by atoms with van der Waals surface area (Å²) in [5, 5.41) is 9.68. The molecule has 1 saturated heterocycles. The van der Waals surface area contributed by atoms with Crippen LogP contribution in [0.3, 0.4) is 0 Å². The smallest absolute Gasteiger partial charge is 0.407 e. The average Bonchev–Trinajstić information content (AvgIpc) is 3.12. The Morgan fingerprint density at radius 2 is 2.27 bits per heavy atom. The Morgan fingerprint density at radius 1 is 1.45 bits per heavy atom. The summed E-state index contributed by atoms with van der Waals surface area (Å²) in [5.41, 5.74) is 2.25. The number of hydrogen-bond acceptors (Lipinski definition) is 4. The van der Waals surface area contributed by atoms with E-state index in [0.29, 0.717) is 18.4 Å². The lowest BCUT2D eigenvalue weighted by atomic mass is 10.2. The van der Waals surface area contributed by atoms with Crippen molar-refractivity contribution >= 4 is 23.5 Å². The van der Waals surface area contributed by atoms with Crippen LogP contribution in [0.15, 0.2) is 0 Å². The van der Waals surface area contributed by atoms with Crippen LogP contribution in [0, 0.1) is 0 Å². The molecule has 1 aliphatic carbocycles. The predicted molar refractivity (Wildman–Crippen MR) is 84.7 cm³/mol. The molecule has 1 unspecified atom stereocenters. The predicted octanol–water partition coefficient (Wildman–Crippen LogP) is 2.59. The van der Waals surface area contributed by atoms with Crippen molar-refractivity contribution in [3.63, 3.8) is 0 Å². The van der Waals surface area contributed by atoms with Crippen LogP contribution in [0.1, 0.15) is 37.4 Å². The van der Waals surface area contributed by atoms with E-state index in [4.69, 9.17) is 11.6 Å². The van der Waals surface area contributed by atoms with E-state index in [2.05, 4.69) is 14.9 Å². The van der Waals surface area contributed by atoms with E-state index in [9.17, 15) is 9.90 Å². The molecule has 6 nitrogen and oxygen atoms in total. The number of halogens is 1. The van der Waals surface area contributed by atoms with Gasteiger partial charge in [0.15, 0.2) is 0 Å². The topological polar surface area (TPSA) is 69.6 Å². The van der Waals surface area contributed by atoms with Gasteiger partial charge in [0.05, 0.1) is 11.7 Å². The van der Waals surface area contributed by atoms with Gasteiger partial charge in [-0.15, -0.1) is 0 Å². The first-order valence-corrected chi connectivity index (χ1v) is 8.27. The third-order valence-corrected chi connectivity index (χ3v) is 4.67. The first kappa shape index (κ1) is 15.3. The van der Waals surface area contributed by atoms with Gasteiger partial charge in [-0.25, -0.2) is 14.8 Å². The van der Waals surface area contributed by atoms with Gasteiger partial charge in [-0.05, 0) is 43.7 Å². The van der Waals surface area contributed by atoms with Crippen LogP contribution in [-0.4, -0.2) is 51.7 Å². The lowest BCUT2D eigenvalue weighted by molar-refractivity contribution is 0.128. The molecule has 0 bridgehead atoms. The Morgan fingerprint density at radius 3 is 3.00 bits per heavy atom. The Labute approximate surface area is 135 Å². The maximum Gasteiger partial charge on any atom is 0.407 e. The fourth-order valence-corrected chi connectivity index (χ4v) is 3.69. The second-order valence-corrected chi connectivity index (χ2v) is 6.30. The summed E-state index contributed by atoms with van der Waals surface area (Å²) in [5.74, 6) is 0.914. The molecule has 1 N–H and O–H groups in total. The van der Waals surface area contributed by atoms with Gasteiger partial charge in [-0.2, -0.15) is 0 Å². The summed E-state index contributed by atoms with van der Waals surface area (Å²) >= 11 is 6.05. The standard InChI is InChI=1S/C15H21ClN4O2/c1-2-7-20(15(21)22)10-6-8-19(9-10)13-11-4-3-5-12(11)17-14(16)18-13/h10H,2-9H2,1H3,(H,21,22). The molecule has 22 heavy (non-hydrogen) atoms. The minimum absolute atomic E-state index is 0.0308. The van der Waals surface area contributed by atoms with E-state index in [1.165, 1.54) is 5.56 Å². The molecule has 1 aromatic rings. The quantitative estimate of drug-likeness (QED) is 0.862. The Bertz CT molecular complexity index is 581. The fourth-order valence-electron chi connectivity index (χ4n) is 3.51. The number of hydrogen-bond donors (Lipinski definition) is 1. The first-order chi connectivity index (χ1) is 10.6. The maximum atomic E-state index is 11.4. The Balaban J connectivity index is 1.80. The van der Waals surface area contributed by atoms with Crippen LogP contribution in [0.2, 0.25) is 5.28 Å². The molecule has 0 aromatic carbocycles. The molecule has 2 heterocycles. The summed E-state index contributed by atoms with van der Waals surface area (Å²) in [7, 11) is 0. The van der Waals surface area contributed by atoms with Gasteiger partial charge in [0.25, 0.3) is 0 Å². The normalized spacial score (nSPS) is 20.3. The van der Waals surface area contributed by atoms with Gasteiger partial charge in [0.1, 0.15) is 5.82 Å². The van der Waals surface area contributed by atoms with Crippen molar-refractivity contribution in [1.82, 2.24) is 14.9 Å². The van der Waals surface area contributed by atoms with Crippen molar-refractivity contribution in [3.8, 4) is 0 Å². The van der Waals surface area contributed by atoms with Crippen molar-refractivity contribution in [3.05, 3.63) is 16.5 Å². The van der Waals surface area contributed by atoms with E-state index in [0.717, 1.165) is 50.2 Å². The number of aromatic nitrogens is 2. The maximum absolute atomic E-state index is 11.4. The minimum Gasteiger partial charge on any atom is -0.465 e. The molecule has 0 saturated carbocycles. The Hall–Kier alpha value is -1.56. The van der Waals surface area contributed by atoms with E-state index < -0.39 is 6.09 Å². The Kier molecular flexibility index (Phi) is 4.38. The van der Waals surface area contributed by atoms with E-state index in [-0.39, 0.29) is 6.04 Å². The number of carbonyl (C=O) groups is 1. The molecule has 1 atom stereocenters. The highest BCUT2D eigenvalue weighted by atomic mass is 35.5. The third kappa shape index (κ3) is 2.84. The lowest BCUT2D eigenvalue weighted by Gasteiger charge is -2.26. The molecule has 1 aromatic heterocycles. The van der Waals surface area contributed by atoms with Crippen LogP contribution in [0.25, 0.3) is 0 Å². The van der Waals surface area contributed by atoms with Crippen molar-refractivity contribution < 1.29 is 9.90 Å². The van der Waals surface area contributed by atoms with Crippen molar-refractivity contribution in [2.45, 2.75) is 45.1 Å². The number of amides is 1. The van der Waals surface area contributed by atoms with Crippen LogP contribution in [-0.2, 0) is 12.8 Å². The number of fused-ring (bicyclic) bond motifs is 1. The van der Waals surface area contributed by atoms with Gasteiger partial charge in [-0.3, -0.25) is 0 Å². The average molecular weight is 325 g/mol. The molecule has 3 rings (SSSR count). The summed E-state index contributed by atoms with van der Waals surface area (Å²) in [4.78, 5) is 23.9. The molecule has 7 heteroatoms. The molecular weight excluding hydrogens is 304 g/mol. The lowest BCUT2D eigenvalue weighted by Crippen LogP contribution is -2.41. The largest absolute Gasteiger partial charge is 0.465 e. The van der Waals surface area contributed by atoms with Crippen molar-refractivity contribution in [2.75, 3.05) is 24.5 Å². The van der Waals surface area contributed by atoms with Crippen LogP contribution in [0.4, 0.5) is 10.6 Å². The number of anilines is 1. The van der Waals surface area contributed by atoms with Gasteiger partial charge in [0.2, 0.25) is 5.28 Å². The first-order valence-electron chi connectivity index (χ1n) is 7.90. The highest BCUT2D eigenvalue weighted by molar-refractivity contribution is 6.28. The molecule has 1 fully saturated rings. The van der Waals surface area contributed by atoms with Crippen LogP contribution in [0.5, 0.6) is 0 Å². The zero-order valence-electron chi connectivity index (χ0n) is 12.8. The number of carboxylic acid groups (broad SMARTS) is 1. The van der Waals surface area contributed by atoms with Crippen LogP contribution >= 0.6 is 11.6 Å². The van der Waals surface area contributed by atoms with E-state index in [1.807, 2.05) is 6.92 Å². The molecule has 0 spiro atoms. The molecular formula is C15H21ClN4O2. The minimum atomic E-state index is -0.834. The molecule has 2 aliphatic rings. The second kappa shape index (κ2) is 6.28. The van der Waals surface area contributed by atoms with Crippen LogP contribution < -0.4 is 4.90 Å². The summed E-state index contributed by atoms with van der Waals surface area (Å²) in [6, 6.07) is 0.0308. The number of aryl methyl sites for hydroxylation is 1. The summed E-state index contributed by atoms with van der Waals surface area (Å²) < 4.78 is 0. The highest BCUT2D eigenvalue weighted by Crippen LogP contribution is 2.32. The molecule has 0 radical (unpaired) electrons. The van der Waals surface area contributed by atoms with E-state index in [1.54, 1.807) is 4.90 Å². The van der Waals surface area contributed by atoms with Crippen molar-refractivity contribution in [2.24, 2.45) is 0 Å². The van der Waals surface area contributed by atoms with Gasteiger partial charge >= 0.3 is 6.09 Å². The third-order valence-electron chi connectivity index (χ3n) is 4.50. The zero-order valence-corrected chi connectivity index (χ0v) is 13.5. The number of rotatable bonds is 4. The monoisotopic (exact) mass is 324 g/mol. The zero-order chi connectivity index (χ0) is 15.7. The summed E-state index contributed by atoms with van der Waals surface area (Å²) in [6.45, 7) is 4.08. The van der Waals surface area contributed by atoms with Gasteiger partial charge < -0.3 is 14.9 Å².